The second-order valence-corrected chi connectivity index (χ2v) is 6.84. The Labute approximate surface area is 140 Å². The highest BCUT2D eigenvalue weighted by atomic mass is 79.9. The molecular weight excluding hydrogens is 377 g/mol. The first kappa shape index (κ1) is 18.1. The zero-order valence-corrected chi connectivity index (χ0v) is 14.2. The Balaban J connectivity index is 1.97. The van der Waals surface area contributed by atoms with E-state index in [1.54, 1.807) is 0 Å². The van der Waals surface area contributed by atoms with Crippen LogP contribution < -0.4 is 5.32 Å². The Morgan fingerprint density at radius 2 is 2.00 bits per heavy atom. The zero-order chi connectivity index (χ0) is 17.3. The van der Waals surface area contributed by atoms with Crippen LogP contribution >= 0.6 is 15.9 Å². The predicted octanol–water partition coefficient (Wildman–Crippen LogP) is 4.09. The lowest BCUT2D eigenvalue weighted by atomic mass is 9.89. The first-order chi connectivity index (χ1) is 10.6. The first-order valence-electron chi connectivity index (χ1n) is 7.19. The van der Waals surface area contributed by atoms with Gasteiger partial charge in [-0.3, -0.25) is 0 Å². The molecule has 1 heterocycles. The molecular formula is C15H18BrF3N2O2. The number of hydrogen-bond acceptors (Lipinski definition) is 2. The summed E-state index contributed by atoms with van der Waals surface area (Å²) < 4.78 is 38.4. The van der Waals surface area contributed by atoms with Crippen molar-refractivity contribution >= 4 is 22.0 Å². The van der Waals surface area contributed by atoms with Crippen molar-refractivity contribution in [2.24, 2.45) is 0 Å². The van der Waals surface area contributed by atoms with E-state index < -0.39 is 17.8 Å². The smallest absolute Gasteiger partial charge is 0.416 e. The summed E-state index contributed by atoms with van der Waals surface area (Å²) in [6.07, 6.45) is -3.95. The number of amides is 1. The van der Waals surface area contributed by atoms with E-state index in [-0.39, 0.29) is 5.54 Å². The minimum atomic E-state index is -4.36. The molecule has 128 valence electrons. The van der Waals surface area contributed by atoms with Crippen LogP contribution in [0.15, 0.2) is 22.7 Å². The average Bonchev–Trinajstić information content (AvgIpc) is 2.45. The molecule has 0 atom stereocenters. The van der Waals surface area contributed by atoms with Crippen molar-refractivity contribution in [3.05, 3.63) is 33.8 Å². The summed E-state index contributed by atoms with van der Waals surface area (Å²) in [5.41, 5.74) is -0.178. The maximum Gasteiger partial charge on any atom is 0.416 e. The van der Waals surface area contributed by atoms with Gasteiger partial charge >= 0.3 is 12.3 Å². The highest BCUT2D eigenvalue weighted by molar-refractivity contribution is 9.10. The molecule has 23 heavy (non-hydrogen) atoms. The molecule has 1 aromatic carbocycles. The van der Waals surface area contributed by atoms with Gasteiger partial charge in [0.2, 0.25) is 0 Å². The van der Waals surface area contributed by atoms with E-state index in [4.69, 9.17) is 5.11 Å². The van der Waals surface area contributed by atoms with Crippen molar-refractivity contribution in [1.82, 2.24) is 10.2 Å². The minimum absolute atomic E-state index is 0.228. The average molecular weight is 395 g/mol. The quantitative estimate of drug-likeness (QED) is 0.811. The van der Waals surface area contributed by atoms with E-state index in [0.717, 1.165) is 17.7 Å². The fourth-order valence-electron chi connectivity index (χ4n) is 2.54. The van der Waals surface area contributed by atoms with Gasteiger partial charge in [0.05, 0.1) is 5.56 Å². The van der Waals surface area contributed by atoms with E-state index in [2.05, 4.69) is 21.2 Å². The fourth-order valence-corrected chi connectivity index (χ4v) is 3.06. The van der Waals surface area contributed by atoms with Crippen LogP contribution in [0.3, 0.4) is 0 Å². The van der Waals surface area contributed by atoms with Gasteiger partial charge in [-0.2, -0.15) is 13.2 Å². The normalized spacial score (nSPS) is 18.0. The van der Waals surface area contributed by atoms with E-state index in [0.29, 0.717) is 36.9 Å². The zero-order valence-electron chi connectivity index (χ0n) is 12.6. The molecule has 0 spiro atoms. The summed E-state index contributed by atoms with van der Waals surface area (Å²) >= 11 is 3.18. The highest BCUT2D eigenvalue weighted by Crippen LogP contribution is 2.32. The van der Waals surface area contributed by atoms with Gasteiger partial charge in [-0.15, -0.1) is 0 Å². The van der Waals surface area contributed by atoms with Crippen LogP contribution in [0, 0.1) is 0 Å². The van der Waals surface area contributed by atoms with Crippen molar-refractivity contribution < 1.29 is 23.1 Å². The van der Waals surface area contributed by atoms with Crippen LogP contribution in [-0.2, 0) is 12.7 Å². The molecule has 0 unspecified atom stereocenters. The molecule has 1 fully saturated rings. The summed E-state index contributed by atoms with van der Waals surface area (Å²) in [5.74, 6) is 0. The molecule has 8 heteroatoms. The molecule has 1 amide bonds. The number of alkyl halides is 3. The number of piperidine rings is 1. The second-order valence-electron chi connectivity index (χ2n) is 5.99. The van der Waals surface area contributed by atoms with Gasteiger partial charge < -0.3 is 15.3 Å². The molecule has 0 bridgehead atoms. The summed E-state index contributed by atoms with van der Waals surface area (Å²) in [6, 6.07) is 3.60. The van der Waals surface area contributed by atoms with Gasteiger partial charge in [0.1, 0.15) is 0 Å². The lowest BCUT2D eigenvalue weighted by Gasteiger charge is -2.39. The lowest BCUT2D eigenvalue weighted by Crippen LogP contribution is -2.52. The Hall–Kier alpha value is -1.28. The fraction of sp³-hybridized carbons (Fsp3) is 0.533. The monoisotopic (exact) mass is 394 g/mol. The highest BCUT2D eigenvalue weighted by Gasteiger charge is 2.32. The molecule has 0 aromatic heterocycles. The van der Waals surface area contributed by atoms with E-state index in [1.165, 1.54) is 11.0 Å². The van der Waals surface area contributed by atoms with Crippen molar-refractivity contribution in [2.75, 3.05) is 13.1 Å². The number of hydrogen-bond donors (Lipinski definition) is 2. The largest absolute Gasteiger partial charge is 0.465 e. The van der Waals surface area contributed by atoms with Crippen molar-refractivity contribution in [2.45, 2.75) is 38.0 Å². The van der Waals surface area contributed by atoms with Crippen molar-refractivity contribution in [3.8, 4) is 0 Å². The first-order valence-corrected chi connectivity index (χ1v) is 7.98. The van der Waals surface area contributed by atoms with Gasteiger partial charge in [-0.05, 0) is 37.5 Å². The summed E-state index contributed by atoms with van der Waals surface area (Å²) in [7, 11) is 0. The topological polar surface area (TPSA) is 52.6 Å². The number of likely N-dealkylation sites (tertiary alicyclic amines) is 1. The third kappa shape index (κ3) is 4.60. The number of halogens is 4. The Morgan fingerprint density at radius 3 is 2.48 bits per heavy atom. The summed E-state index contributed by atoms with van der Waals surface area (Å²) in [4.78, 5) is 12.3. The number of nitrogens with one attached hydrogen (secondary N) is 1. The van der Waals surface area contributed by atoms with Crippen molar-refractivity contribution in [1.29, 1.82) is 0 Å². The number of carbonyl (C=O) groups is 1. The van der Waals surface area contributed by atoms with Gasteiger partial charge in [-0.1, -0.05) is 22.0 Å². The molecule has 4 nitrogen and oxygen atoms in total. The predicted molar refractivity (Wildman–Crippen MR) is 83.2 cm³/mol. The molecule has 1 aromatic rings. The second kappa shape index (κ2) is 6.68. The molecule has 1 saturated heterocycles. The maximum absolute atomic E-state index is 12.7. The minimum Gasteiger partial charge on any atom is -0.465 e. The molecule has 2 rings (SSSR count). The lowest BCUT2D eigenvalue weighted by molar-refractivity contribution is -0.137. The summed E-state index contributed by atoms with van der Waals surface area (Å²) in [5, 5.41) is 12.3. The van der Waals surface area contributed by atoms with E-state index in [1.807, 2.05) is 6.92 Å². The van der Waals surface area contributed by atoms with Crippen LogP contribution in [0.5, 0.6) is 0 Å². The van der Waals surface area contributed by atoms with Crippen LogP contribution in [0.1, 0.15) is 30.9 Å². The number of rotatable bonds is 3. The number of benzene rings is 1. The number of carboxylic acid groups (broad SMARTS) is 1. The van der Waals surface area contributed by atoms with Gasteiger partial charge in [0.25, 0.3) is 0 Å². The molecule has 1 aliphatic heterocycles. The van der Waals surface area contributed by atoms with Crippen LogP contribution in [-0.4, -0.2) is 34.7 Å². The van der Waals surface area contributed by atoms with Gasteiger partial charge in [0.15, 0.2) is 0 Å². The van der Waals surface area contributed by atoms with E-state index in [9.17, 15) is 18.0 Å². The third-order valence-corrected chi connectivity index (χ3v) is 4.96. The molecule has 2 N–H and O–H groups in total. The van der Waals surface area contributed by atoms with Crippen molar-refractivity contribution in [3.63, 3.8) is 0 Å². The van der Waals surface area contributed by atoms with Crippen LogP contribution in [0.4, 0.5) is 18.0 Å². The molecule has 0 radical (unpaired) electrons. The Morgan fingerprint density at radius 1 is 1.39 bits per heavy atom. The maximum atomic E-state index is 12.7. The van der Waals surface area contributed by atoms with Crippen LogP contribution in [0.2, 0.25) is 0 Å². The van der Waals surface area contributed by atoms with Crippen LogP contribution in [0.25, 0.3) is 0 Å². The third-order valence-electron chi connectivity index (χ3n) is 4.22. The molecule has 0 saturated carbocycles. The Kier molecular flexibility index (Phi) is 5.25. The number of nitrogens with zero attached hydrogens (tertiary/aromatic N) is 1. The standard InChI is InChI=1S/C15H18BrF3N2O2/c1-14(4-6-21(7-5-14)13(22)23)20-9-10-2-3-11(8-12(10)16)15(17,18)19/h2-3,8,20H,4-7,9H2,1H3,(H,22,23). The van der Waals surface area contributed by atoms with Gasteiger partial charge in [0, 0.05) is 29.6 Å². The SMILES string of the molecule is CC1(NCc2ccc(C(F)(F)F)cc2Br)CCN(C(=O)O)CC1. The Bertz CT molecular complexity index is 585. The summed E-state index contributed by atoms with van der Waals surface area (Å²) in [6.45, 7) is 3.33. The molecule has 0 aliphatic carbocycles. The van der Waals surface area contributed by atoms with Gasteiger partial charge in [-0.25, -0.2) is 4.79 Å². The molecule has 1 aliphatic rings. The van der Waals surface area contributed by atoms with E-state index >= 15 is 0 Å².